The molecule has 0 aliphatic carbocycles. The molecule has 1 heterocycles. The molecule has 0 amide bonds. The van der Waals surface area contributed by atoms with Crippen molar-refractivity contribution in [3.8, 4) is 5.75 Å². The summed E-state index contributed by atoms with van der Waals surface area (Å²) in [6.07, 6.45) is 1.74. The van der Waals surface area contributed by atoms with Crippen molar-refractivity contribution >= 4 is 39.2 Å². The Morgan fingerprint density at radius 2 is 1.88 bits per heavy atom. The fraction of sp³-hybridized carbons (Fsp3) is 0.158. The van der Waals surface area contributed by atoms with Crippen LogP contribution in [0.4, 0.5) is 0 Å². The van der Waals surface area contributed by atoms with E-state index in [9.17, 15) is 15.0 Å². The summed E-state index contributed by atoms with van der Waals surface area (Å²) in [5.41, 5.74) is 3.92. The van der Waals surface area contributed by atoms with Gasteiger partial charge in [0.1, 0.15) is 10.8 Å². The standard InChI is InChI=1S/C19H17NO3S/c1-11-7-13(8-12(2)18(11)23)9-14(10-17(21)22)19-20-15-5-3-4-6-16(15)24-19/h3-9,23H,10H2,1-2H3,(H,21,22)/b14-9-. The smallest absolute Gasteiger partial charge is 0.307 e. The van der Waals surface area contributed by atoms with Gasteiger partial charge in [0.25, 0.3) is 0 Å². The number of fused-ring (bicyclic) bond motifs is 1. The molecular weight excluding hydrogens is 322 g/mol. The second-order valence-electron chi connectivity index (χ2n) is 5.73. The van der Waals surface area contributed by atoms with Gasteiger partial charge in [-0.2, -0.15) is 0 Å². The number of hydrogen-bond donors (Lipinski definition) is 2. The number of aliphatic carboxylic acids is 1. The summed E-state index contributed by atoms with van der Waals surface area (Å²) in [5.74, 6) is -0.625. The summed E-state index contributed by atoms with van der Waals surface area (Å²) in [7, 11) is 0. The zero-order valence-electron chi connectivity index (χ0n) is 13.4. The molecule has 3 aromatic rings. The molecular formula is C19H17NO3S. The molecule has 0 saturated carbocycles. The SMILES string of the molecule is Cc1cc(/C=C(/CC(=O)O)c2nc3ccccc3s2)cc(C)c1O. The molecule has 0 bridgehead atoms. The number of aromatic nitrogens is 1. The van der Waals surface area contributed by atoms with Crippen molar-refractivity contribution in [3.05, 3.63) is 58.1 Å². The molecule has 2 aromatic carbocycles. The molecule has 5 heteroatoms. The number of phenolic OH excluding ortho intramolecular Hbond substituents is 1. The van der Waals surface area contributed by atoms with Crippen LogP contribution in [0.1, 0.15) is 28.1 Å². The Kier molecular flexibility index (Phi) is 4.36. The maximum absolute atomic E-state index is 11.3. The van der Waals surface area contributed by atoms with Crippen LogP contribution in [0.2, 0.25) is 0 Å². The number of rotatable bonds is 4. The topological polar surface area (TPSA) is 70.4 Å². The largest absolute Gasteiger partial charge is 0.507 e. The van der Waals surface area contributed by atoms with Crippen LogP contribution in [-0.2, 0) is 4.79 Å². The van der Waals surface area contributed by atoms with Crippen molar-refractivity contribution in [2.75, 3.05) is 0 Å². The minimum Gasteiger partial charge on any atom is -0.507 e. The normalized spacial score (nSPS) is 11.8. The second-order valence-corrected chi connectivity index (χ2v) is 6.76. The van der Waals surface area contributed by atoms with Gasteiger partial charge < -0.3 is 10.2 Å². The number of phenols is 1. The van der Waals surface area contributed by atoms with E-state index in [0.29, 0.717) is 10.6 Å². The van der Waals surface area contributed by atoms with Gasteiger partial charge in [0, 0.05) is 0 Å². The van der Waals surface area contributed by atoms with Gasteiger partial charge in [-0.3, -0.25) is 4.79 Å². The number of carbonyl (C=O) groups is 1. The van der Waals surface area contributed by atoms with Crippen LogP contribution in [0.15, 0.2) is 36.4 Å². The van der Waals surface area contributed by atoms with Gasteiger partial charge in [-0.25, -0.2) is 4.98 Å². The Labute approximate surface area is 143 Å². The second kappa shape index (κ2) is 6.45. The Balaban J connectivity index is 2.10. The molecule has 0 saturated heterocycles. The van der Waals surface area contributed by atoms with Crippen molar-refractivity contribution in [3.63, 3.8) is 0 Å². The zero-order valence-corrected chi connectivity index (χ0v) is 14.2. The predicted octanol–water partition coefficient (Wildman–Crippen LogP) is 4.63. The quantitative estimate of drug-likeness (QED) is 0.727. The van der Waals surface area contributed by atoms with E-state index in [1.54, 1.807) is 0 Å². The van der Waals surface area contributed by atoms with E-state index in [2.05, 4.69) is 4.98 Å². The van der Waals surface area contributed by atoms with Crippen LogP contribution in [-0.4, -0.2) is 21.2 Å². The molecule has 4 nitrogen and oxygen atoms in total. The predicted molar refractivity (Wildman–Crippen MR) is 97.3 cm³/mol. The first-order valence-corrected chi connectivity index (χ1v) is 8.34. The first-order valence-electron chi connectivity index (χ1n) is 7.52. The van der Waals surface area contributed by atoms with E-state index in [-0.39, 0.29) is 12.2 Å². The lowest BCUT2D eigenvalue weighted by Gasteiger charge is -2.07. The summed E-state index contributed by atoms with van der Waals surface area (Å²) < 4.78 is 1.03. The minimum atomic E-state index is -0.896. The number of carboxylic acids is 1. The highest BCUT2D eigenvalue weighted by molar-refractivity contribution is 7.19. The minimum absolute atomic E-state index is 0.0984. The third-order valence-electron chi connectivity index (χ3n) is 3.76. The lowest BCUT2D eigenvalue weighted by atomic mass is 10.0. The van der Waals surface area contributed by atoms with Crippen molar-refractivity contribution < 1.29 is 15.0 Å². The Morgan fingerprint density at radius 3 is 2.50 bits per heavy atom. The first kappa shape index (κ1) is 16.2. The monoisotopic (exact) mass is 339 g/mol. The highest BCUT2D eigenvalue weighted by Gasteiger charge is 2.13. The third-order valence-corrected chi connectivity index (χ3v) is 4.88. The number of benzene rings is 2. The molecule has 0 fully saturated rings. The van der Waals surface area contributed by atoms with Crippen LogP contribution in [0.3, 0.4) is 0 Å². The Bertz CT molecular complexity index is 900. The number of nitrogens with zero attached hydrogens (tertiary/aromatic N) is 1. The van der Waals surface area contributed by atoms with Gasteiger partial charge in [-0.1, -0.05) is 12.1 Å². The lowest BCUT2D eigenvalue weighted by molar-refractivity contribution is -0.135. The van der Waals surface area contributed by atoms with Crippen molar-refractivity contribution in [2.24, 2.45) is 0 Å². The molecule has 0 radical (unpaired) electrons. The van der Waals surface area contributed by atoms with Crippen LogP contribution in [0, 0.1) is 13.8 Å². The summed E-state index contributed by atoms with van der Waals surface area (Å²) in [4.78, 5) is 15.8. The molecule has 0 aliphatic heterocycles. The lowest BCUT2D eigenvalue weighted by Crippen LogP contribution is -1.97. The number of hydrogen-bond acceptors (Lipinski definition) is 4. The van der Waals surface area contributed by atoms with Gasteiger partial charge in [0.05, 0.1) is 16.6 Å². The van der Waals surface area contributed by atoms with Gasteiger partial charge in [0.15, 0.2) is 0 Å². The van der Waals surface area contributed by atoms with Gasteiger partial charge in [-0.05, 0) is 66.5 Å². The van der Waals surface area contributed by atoms with Crippen LogP contribution in [0.5, 0.6) is 5.75 Å². The summed E-state index contributed by atoms with van der Waals surface area (Å²) >= 11 is 1.49. The molecule has 24 heavy (non-hydrogen) atoms. The van der Waals surface area contributed by atoms with Crippen molar-refractivity contribution in [1.82, 2.24) is 4.98 Å². The zero-order chi connectivity index (χ0) is 17.3. The van der Waals surface area contributed by atoms with E-state index in [1.165, 1.54) is 11.3 Å². The van der Waals surface area contributed by atoms with E-state index >= 15 is 0 Å². The van der Waals surface area contributed by atoms with E-state index in [4.69, 9.17) is 0 Å². The average molecular weight is 339 g/mol. The van der Waals surface area contributed by atoms with Crippen LogP contribution < -0.4 is 0 Å². The number of carboxylic acid groups (broad SMARTS) is 1. The van der Waals surface area contributed by atoms with Gasteiger partial charge >= 0.3 is 5.97 Å². The number of aryl methyl sites for hydroxylation is 2. The van der Waals surface area contributed by atoms with Gasteiger partial charge in [-0.15, -0.1) is 11.3 Å². The molecule has 2 N–H and O–H groups in total. The molecule has 0 spiro atoms. The maximum atomic E-state index is 11.3. The summed E-state index contributed by atoms with van der Waals surface area (Å²) in [6.45, 7) is 3.66. The highest BCUT2D eigenvalue weighted by atomic mass is 32.1. The van der Waals surface area contributed by atoms with Crippen LogP contribution >= 0.6 is 11.3 Å². The molecule has 1 aromatic heterocycles. The third kappa shape index (κ3) is 3.31. The maximum Gasteiger partial charge on any atom is 0.307 e. The highest BCUT2D eigenvalue weighted by Crippen LogP contribution is 2.31. The summed E-state index contributed by atoms with van der Waals surface area (Å²) in [6, 6.07) is 11.4. The molecule has 0 atom stereocenters. The fourth-order valence-corrected chi connectivity index (χ4v) is 3.61. The fourth-order valence-electron chi connectivity index (χ4n) is 2.63. The Morgan fingerprint density at radius 1 is 1.21 bits per heavy atom. The van der Waals surface area contributed by atoms with E-state index in [0.717, 1.165) is 26.9 Å². The van der Waals surface area contributed by atoms with E-state index in [1.807, 2.05) is 56.3 Å². The van der Waals surface area contributed by atoms with Crippen molar-refractivity contribution in [2.45, 2.75) is 20.3 Å². The van der Waals surface area contributed by atoms with E-state index < -0.39 is 5.97 Å². The molecule has 122 valence electrons. The number of aromatic hydroxyl groups is 1. The van der Waals surface area contributed by atoms with Crippen molar-refractivity contribution in [1.29, 1.82) is 0 Å². The molecule has 3 rings (SSSR count). The van der Waals surface area contributed by atoms with Gasteiger partial charge in [0.2, 0.25) is 0 Å². The number of thiazole rings is 1. The molecule has 0 aliphatic rings. The average Bonchev–Trinajstić information content (AvgIpc) is 2.95. The van der Waals surface area contributed by atoms with Crippen LogP contribution in [0.25, 0.3) is 21.9 Å². The summed E-state index contributed by atoms with van der Waals surface area (Å²) in [5, 5.41) is 19.9. The molecule has 0 unspecified atom stereocenters. The first-order chi connectivity index (χ1) is 11.4. The number of para-hydroxylation sites is 1. The Hall–Kier alpha value is -2.66.